The van der Waals surface area contributed by atoms with E-state index < -0.39 is 5.91 Å². The lowest BCUT2D eigenvalue weighted by Gasteiger charge is -2.17. The molecule has 0 bridgehead atoms. The first-order chi connectivity index (χ1) is 9.76. The molecule has 0 fully saturated rings. The summed E-state index contributed by atoms with van der Waals surface area (Å²) in [6.45, 7) is 5.84. The molecule has 0 saturated carbocycles. The zero-order valence-corrected chi connectivity index (χ0v) is 13.1. The van der Waals surface area contributed by atoms with Crippen molar-refractivity contribution >= 4 is 11.8 Å². The highest BCUT2D eigenvalue weighted by molar-refractivity contribution is 5.96. The number of ether oxygens (including phenoxy) is 2. The van der Waals surface area contributed by atoms with Gasteiger partial charge in [0.25, 0.3) is 5.91 Å². The smallest absolute Gasteiger partial charge is 0.269 e. The standard InChI is InChI=1S/C15H22N2O4/c1-15(2,3)9-13(18)16-17-14(19)10-6-7-11(20-4)12(8-10)21-5/h6-8H,9H2,1-5H3,(H,16,18)(H,17,19). The lowest BCUT2D eigenvalue weighted by Crippen LogP contribution is -2.42. The van der Waals surface area contributed by atoms with Crippen molar-refractivity contribution in [2.45, 2.75) is 27.2 Å². The highest BCUT2D eigenvalue weighted by atomic mass is 16.5. The molecule has 0 atom stereocenters. The maximum Gasteiger partial charge on any atom is 0.269 e. The van der Waals surface area contributed by atoms with Crippen LogP contribution in [0.2, 0.25) is 0 Å². The van der Waals surface area contributed by atoms with Crippen molar-refractivity contribution < 1.29 is 19.1 Å². The zero-order chi connectivity index (χ0) is 16.0. The predicted molar refractivity (Wildman–Crippen MR) is 79.2 cm³/mol. The fourth-order valence-corrected chi connectivity index (χ4v) is 1.70. The Bertz CT molecular complexity index is 521. The van der Waals surface area contributed by atoms with Crippen LogP contribution in [0, 0.1) is 5.41 Å². The molecule has 0 aliphatic carbocycles. The molecule has 0 spiro atoms. The van der Waals surface area contributed by atoms with Gasteiger partial charge in [0.1, 0.15) is 0 Å². The van der Waals surface area contributed by atoms with E-state index in [4.69, 9.17) is 9.47 Å². The Labute approximate surface area is 124 Å². The quantitative estimate of drug-likeness (QED) is 0.832. The van der Waals surface area contributed by atoms with Crippen LogP contribution >= 0.6 is 0 Å². The van der Waals surface area contributed by atoms with Gasteiger partial charge in [-0.25, -0.2) is 0 Å². The highest BCUT2D eigenvalue weighted by Crippen LogP contribution is 2.27. The Morgan fingerprint density at radius 1 is 1.05 bits per heavy atom. The van der Waals surface area contributed by atoms with Gasteiger partial charge >= 0.3 is 0 Å². The number of carbonyl (C=O) groups is 2. The summed E-state index contributed by atoms with van der Waals surface area (Å²) in [5.41, 5.74) is 4.99. The van der Waals surface area contributed by atoms with Crippen LogP contribution in [0.3, 0.4) is 0 Å². The molecule has 0 heterocycles. The number of hydrazine groups is 1. The van der Waals surface area contributed by atoms with E-state index in [0.29, 0.717) is 23.5 Å². The summed E-state index contributed by atoms with van der Waals surface area (Å²) in [6, 6.07) is 4.77. The van der Waals surface area contributed by atoms with Crippen molar-refractivity contribution in [3.63, 3.8) is 0 Å². The maximum atomic E-state index is 12.0. The van der Waals surface area contributed by atoms with Crippen LogP contribution in [0.1, 0.15) is 37.6 Å². The molecule has 21 heavy (non-hydrogen) atoms. The molecule has 1 aromatic carbocycles. The van der Waals surface area contributed by atoms with E-state index in [1.807, 2.05) is 20.8 Å². The second-order valence-electron chi connectivity index (χ2n) is 5.81. The van der Waals surface area contributed by atoms with Gasteiger partial charge in [-0.2, -0.15) is 0 Å². The van der Waals surface area contributed by atoms with E-state index in [0.717, 1.165) is 0 Å². The molecular weight excluding hydrogens is 272 g/mol. The van der Waals surface area contributed by atoms with Gasteiger partial charge in [0.2, 0.25) is 5.91 Å². The SMILES string of the molecule is COc1ccc(C(=O)NNC(=O)CC(C)(C)C)cc1OC. The Morgan fingerprint density at radius 3 is 2.19 bits per heavy atom. The van der Waals surface area contributed by atoms with Gasteiger partial charge in [-0.3, -0.25) is 20.4 Å². The van der Waals surface area contributed by atoms with E-state index in [2.05, 4.69) is 10.9 Å². The van der Waals surface area contributed by atoms with Crippen LogP contribution in [0.15, 0.2) is 18.2 Å². The summed E-state index contributed by atoms with van der Waals surface area (Å²) in [5.74, 6) is 0.325. The average Bonchev–Trinajstić information content (AvgIpc) is 2.42. The Hall–Kier alpha value is -2.24. The molecule has 0 aliphatic rings. The molecule has 0 radical (unpaired) electrons. The largest absolute Gasteiger partial charge is 0.493 e. The molecule has 2 amide bonds. The van der Waals surface area contributed by atoms with Gasteiger partial charge in [-0.05, 0) is 23.6 Å². The minimum atomic E-state index is -0.418. The predicted octanol–water partition coefficient (Wildman–Crippen LogP) is 1.90. The van der Waals surface area contributed by atoms with Gasteiger partial charge in [0, 0.05) is 12.0 Å². The normalized spacial score (nSPS) is 10.7. The van der Waals surface area contributed by atoms with Crippen LogP contribution < -0.4 is 20.3 Å². The van der Waals surface area contributed by atoms with E-state index >= 15 is 0 Å². The number of carbonyl (C=O) groups excluding carboxylic acids is 2. The van der Waals surface area contributed by atoms with E-state index in [1.54, 1.807) is 18.2 Å². The van der Waals surface area contributed by atoms with Crippen molar-refractivity contribution in [2.24, 2.45) is 5.41 Å². The molecular formula is C15H22N2O4. The van der Waals surface area contributed by atoms with Crippen LogP contribution in [0.25, 0.3) is 0 Å². The maximum absolute atomic E-state index is 12.0. The molecule has 2 N–H and O–H groups in total. The second kappa shape index (κ2) is 6.97. The summed E-state index contributed by atoms with van der Waals surface area (Å²) in [5, 5.41) is 0. The topological polar surface area (TPSA) is 76.7 Å². The van der Waals surface area contributed by atoms with Gasteiger partial charge in [-0.1, -0.05) is 20.8 Å². The fourth-order valence-electron chi connectivity index (χ4n) is 1.70. The monoisotopic (exact) mass is 294 g/mol. The number of hydrogen-bond donors (Lipinski definition) is 2. The molecule has 0 aliphatic heterocycles. The lowest BCUT2D eigenvalue weighted by atomic mass is 9.92. The Morgan fingerprint density at radius 2 is 1.67 bits per heavy atom. The van der Waals surface area contributed by atoms with Crippen molar-refractivity contribution in [1.29, 1.82) is 0 Å². The molecule has 116 valence electrons. The molecule has 1 aromatic rings. The minimum absolute atomic E-state index is 0.141. The molecule has 1 rings (SSSR count). The van der Waals surface area contributed by atoms with E-state index in [9.17, 15) is 9.59 Å². The Balaban J connectivity index is 2.66. The second-order valence-corrected chi connectivity index (χ2v) is 5.81. The molecule has 0 unspecified atom stereocenters. The first kappa shape index (κ1) is 16.8. The van der Waals surface area contributed by atoms with E-state index in [-0.39, 0.29) is 11.3 Å². The fraction of sp³-hybridized carbons (Fsp3) is 0.467. The first-order valence-electron chi connectivity index (χ1n) is 6.58. The van der Waals surface area contributed by atoms with Gasteiger partial charge in [0.05, 0.1) is 14.2 Å². The third-order valence-corrected chi connectivity index (χ3v) is 2.65. The van der Waals surface area contributed by atoms with Crippen molar-refractivity contribution in [3.8, 4) is 11.5 Å². The van der Waals surface area contributed by atoms with Crippen LogP contribution in [0.4, 0.5) is 0 Å². The third-order valence-electron chi connectivity index (χ3n) is 2.65. The van der Waals surface area contributed by atoms with Crippen molar-refractivity contribution in [1.82, 2.24) is 10.9 Å². The van der Waals surface area contributed by atoms with Gasteiger partial charge in [-0.15, -0.1) is 0 Å². The van der Waals surface area contributed by atoms with Gasteiger partial charge < -0.3 is 9.47 Å². The van der Waals surface area contributed by atoms with Gasteiger partial charge in [0.15, 0.2) is 11.5 Å². The zero-order valence-electron chi connectivity index (χ0n) is 13.1. The molecule has 0 saturated heterocycles. The lowest BCUT2D eigenvalue weighted by molar-refractivity contribution is -0.123. The third kappa shape index (κ3) is 5.33. The first-order valence-corrected chi connectivity index (χ1v) is 6.58. The molecule has 0 aromatic heterocycles. The number of hydrogen-bond acceptors (Lipinski definition) is 4. The Kier molecular flexibility index (Phi) is 5.58. The minimum Gasteiger partial charge on any atom is -0.493 e. The van der Waals surface area contributed by atoms with Crippen LogP contribution in [-0.2, 0) is 4.79 Å². The van der Waals surface area contributed by atoms with Crippen LogP contribution in [-0.4, -0.2) is 26.0 Å². The summed E-state index contributed by atoms with van der Waals surface area (Å²) in [6.07, 6.45) is 0.319. The highest BCUT2D eigenvalue weighted by Gasteiger charge is 2.17. The molecule has 6 nitrogen and oxygen atoms in total. The summed E-state index contributed by atoms with van der Waals surface area (Å²) >= 11 is 0. The number of methoxy groups -OCH3 is 2. The van der Waals surface area contributed by atoms with Crippen molar-refractivity contribution in [2.75, 3.05) is 14.2 Å². The van der Waals surface area contributed by atoms with Crippen molar-refractivity contribution in [3.05, 3.63) is 23.8 Å². The number of nitrogens with one attached hydrogen (secondary N) is 2. The summed E-state index contributed by atoms with van der Waals surface area (Å²) in [7, 11) is 3.01. The summed E-state index contributed by atoms with van der Waals surface area (Å²) < 4.78 is 10.2. The number of rotatable bonds is 4. The van der Waals surface area contributed by atoms with Crippen LogP contribution in [0.5, 0.6) is 11.5 Å². The number of amides is 2. The van der Waals surface area contributed by atoms with E-state index in [1.165, 1.54) is 14.2 Å². The average molecular weight is 294 g/mol. The summed E-state index contributed by atoms with van der Waals surface area (Å²) in [4.78, 5) is 23.6. The molecule has 6 heteroatoms. The number of benzene rings is 1.